The lowest BCUT2D eigenvalue weighted by atomic mass is 10.2. The molecule has 0 fully saturated rings. The van der Waals surface area contributed by atoms with Crippen molar-refractivity contribution in [2.24, 2.45) is 0 Å². The Labute approximate surface area is 168 Å². The van der Waals surface area contributed by atoms with Crippen LogP contribution in [0.25, 0.3) is 0 Å². The van der Waals surface area contributed by atoms with Gasteiger partial charge in [0.15, 0.2) is 0 Å². The first kappa shape index (κ1) is 20.5. The lowest BCUT2D eigenvalue weighted by Crippen LogP contribution is -2.18. The van der Waals surface area contributed by atoms with Crippen LogP contribution in [0.3, 0.4) is 0 Å². The van der Waals surface area contributed by atoms with Gasteiger partial charge in [0.1, 0.15) is 18.2 Å². The number of hydrogen-bond acceptors (Lipinski definition) is 4. The van der Waals surface area contributed by atoms with Crippen LogP contribution in [0.5, 0.6) is 5.75 Å². The Morgan fingerprint density at radius 2 is 1.69 bits per heavy atom. The molecule has 1 amide bonds. The quantitative estimate of drug-likeness (QED) is 0.619. The van der Waals surface area contributed by atoms with Crippen LogP contribution in [-0.4, -0.2) is 21.4 Å². The highest BCUT2D eigenvalue weighted by Gasteiger charge is 2.12. The lowest BCUT2D eigenvalue weighted by Gasteiger charge is -2.10. The van der Waals surface area contributed by atoms with Gasteiger partial charge in [-0.1, -0.05) is 18.2 Å². The standard InChI is InChI=1S/C21H19FN2O4S/c1-23-29(26,27)20-11-9-18(10-12-20)24-21(25)16-3-2-4-19(13-16)28-14-15-5-7-17(22)8-6-15/h2-13,23H,14H2,1H3,(H,24,25). The van der Waals surface area contributed by atoms with Gasteiger partial charge in [-0.15, -0.1) is 0 Å². The normalized spacial score (nSPS) is 11.1. The van der Waals surface area contributed by atoms with Gasteiger partial charge in [-0.05, 0) is 67.2 Å². The first-order valence-corrected chi connectivity index (χ1v) is 10.2. The molecule has 0 unspecified atom stereocenters. The Bertz CT molecular complexity index is 1100. The fourth-order valence-corrected chi connectivity index (χ4v) is 3.24. The summed E-state index contributed by atoms with van der Waals surface area (Å²) in [6, 6.07) is 18.5. The van der Waals surface area contributed by atoms with Crippen LogP contribution in [0, 0.1) is 5.82 Å². The zero-order chi connectivity index (χ0) is 20.9. The summed E-state index contributed by atoms with van der Waals surface area (Å²) in [6.07, 6.45) is 0. The molecule has 8 heteroatoms. The summed E-state index contributed by atoms with van der Waals surface area (Å²) in [6.45, 7) is 0.243. The van der Waals surface area contributed by atoms with Gasteiger partial charge in [0.25, 0.3) is 5.91 Å². The van der Waals surface area contributed by atoms with E-state index in [1.807, 2.05) is 0 Å². The van der Waals surface area contributed by atoms with Crippen molar-refractivity contribution < 1.29 is 22.3 Å². The number of ether oxygens (including phenoxy) is 1. The molecule has 3 aromatic rings. The fourth-order valence-electron chi connectivity index (χ4n) is 2.51. The van der Waals surface area contributed by atoms with Crippen LogP contribution in [0.1, 0.15) is 15.9 Å². The molecule has 0 saturated heterocycles. The van der Waals surface area contributed by atoms with Crippen LogP contribution < -0.4 is 14.8 Å². The van der Waals surface area contributed by atoms with Gasteiger partial charge in [0, 0.05) is 11.3 Å². The maximum absolute atomic E-state index is 13.0. The number of nitrogens with one attached hydrogen (secondary N) is 2. The minimum Gasteiger partial charge on any atom is -0.489 e. The number of hydrogen-bond donors (Lipinski definition) is 2. The molecule has 0 aliphatic rings. The number of anilines is 1. The van der Waals surface area contributed by atoms with Crippen molar-refractivity contribution in [2.75, 3.05) is 12.4 Å². The van der Waals surface area contributed by atoms with Gasteiger partial charge in [-0.25, -0.2) is 17.5 Å². The monoisotopic (exact) mass is 414 g/mol. The average Bonchev–Trinajstić information content (AvgIpc) is 2.74. The Hall–Kier alpha value is -3.23. The van der Waals surface area contributed by atoms with Crippen LogP contribution >= 0.6 is 0 Å². The van der Waals surface area contributed by atoms with Crippen molar-refractivity contribution in [3.8, 4) is 5.75 Å². The third-order valence-corrected chi connectivity index (χ3v) is 5.54. The number of carbonyl (C=O) groups is 1. The van der Waals surface area contributed by atoms with Gasteiger partial charge in [0.2, 0.25) is 10.0 Å². The summed E-state index contributed by atoms with van der Waals surface area (Å²) in [5, 5.41) is 2.71. The molecule has 0 aromatic heterocycles. The SMILES string of the molecule is CNS(=O)(=O)c1ccc(NC(=O)c2cccc(OCc3ccc(F)cc3)c2)cc1. The first-order chi connectivity index (χ1) is 13.9. The predicted molar refractivity (Wildman–Crippen MR) is 108 cm³/mol. The Kier molecular flexibility index (Phi) is 6.26. The van der Waals surface area contributed by atoms with E-state index in [2.05, 4.69) is 10.0 Å². The van der Waals surface area contributed by atoms with Gasteiger partial charge in [-0.2, -0.15) is 0 Å². The highest BCUT2D eigenvalue weighted by molar-refractivity contribution is 7.89. The number of carbonyl (C=O) groups excluding carboxylic acids is 1. The second-order valence-corrected chi connectivity index (χ2v) is 8.02. The Morgan fingerprint density at radius 1 is 1.00 bits per heavy atom. The molecule has 0 atom stereocenters. The minimum atomic E-state index is -3.53. The van der Waals surface area contributed by atoms with Crippen molar-refractivity contribution in [1.29, 1.82) is 0 Å². The Morgan fingerprint density at radius 3 is 2.34 bits per heavy atom. The molecule has 6 nitrogen and oxygen atoms in total. The summed E-state index contributed by atoms with van der Waals surface area (Å²) >= 11 is 0. The van der Waals surface area contributed by atoms with E-state index in [4.69, 9.17) is 4.74 Å². The van der Waals surface area contributed by atoms with Crippen LogP contribution in [0.15, 0.2) is 77.7 Å². The average molecular weight is 414 g/mol. The van der Waals surface area contributed by atoms with Crippen molar-refractivity contribution >= 4 is 21.6 Å². The summed E-state index contributed by atoms with van der Waals surface area (Å²) in [5.74, 6) is -0.178. The second-order valence-electron chi connectivity index (χ2n) is 6.13. The van der Waals surface area contributed by atoms with Gasteiger partial charge in [0.05, 0.1) is 4.90 Å². The topological polar surface area (TPSA) is 84.5 Å². The van der Waals surface area contributed by atoms with E-state index in [-0.39, 0.29) is 23.2 Å². The molecule has 0 aliphatic carbocycles. The molecule has 2 N–H and O–H groups in total. The van der Waals surface area contributed by atoms with Gasteiger partial charge < -0.3 is 10.1 Å². The summed E-state index contributed by atoms with van der Waals surface area (Å²) < 4.78 is 44.3. The van der Waals surface area contributed by atoms with Crippen molar-refractivity contribution in [2.45, 2.75) is 11.5 Å². The number of rotatable bonds is 7. The second kappa shape index (κ2) is 8.85. The Balaban J connectivity index is 1.65. The highest BCUT2D eigenvalue weighted by atomic mass is 32.2. The molecule has 0 heterocycles. The molecular formula is C21H19FN2O4S. The number of sulfonamides is 1. The van der Waals surface area contributed by atoms with Crippen molar-refractivity contribution in [3.05, 3.63) is 89.7 Å². The third kappa shape index (κ3) is 5.40. The summed E-state index contributed by atoms with van der Waals surface area (Å²) in [5.41, 5.74) is 1.65. The van der Waals surface area contributed by atoms with Gasteiger partial charge >= 0.3 is 0 Å². The van der Waals surface area contributed by atoms with E-state index in [0.29, 0.717) is 17.0 Å². The van der Waals surface area contributed by atoms with E-state index in [1.54, 1.807) is 36.4 Å². The number of benzene rings is 3. The van der Waals surface area contributed by atoms with Crippen molar-refractivity contribution in [1.82, 2.24) is 4.72 Å². The zero-order valence-electron chi connectivity index (χ0n) is 15.6. The van der Waals surface area contributed by atoms with Crippen LogP contribution in [0.2, 0.25) is 0 Å². The molecule has 150 valence electrons. The van der Waals surface area contributed by atoms with Crippen molar-refractivity contribution in [3.63, 3.8) is 0 Å². The molecule has 0 bridgehead atoms. The summed E-state index contributed by atoms with van der Waals surface area (Å²) in [4.78, 5) is 12.6. The molecule has 0 saturated carbocycles. The van der Waals surface area contributed by atoms with E-state index >= 15 is 0 Å². The maximum atomic E-state index is 13.0. The largest absolute Gasteiger partial charge is 0.489 e. The van der Waals surface area contributed by atoms with Crippen LogP contribution in [-0.2, 0) is 16.6 Å². The van der Waals surface area contributed by atoms with Crippen LogP contribution in [0.4, 0.5) is 10.1 Å². The molecule has 0 radical (unpaired) electrons. The molecular weight excluding hydrogens is 395 g/mol. The molecule has 29 heavy (non-hydrogen) atoms. The number of halogens is 1. The van der Waals surface area contributed by atoms with E-state index in [9.17, 15) is 17.6 Å². The molecule has 0 aliphatic heterocycles. The third-order valence-electron chi connectivity index (χ3n) is 4.11. The smallest absolute Gasteiger partial charge is 0.255 e. The fraction of sp³-hybridized carbons (Fsp3) is 0.0952. The lowest BCUT2D eigenvalue weighted by molar-refractivity contribution is 0.102. The zero-order valence-corrected chi connectivity index (χ0v) is 16.4. The maximum Gasteiger partial charge on any atom is 0.255 e. The number of amides is 1. The predicted octanol–water partition coefficient (Wildman–Crippen LogP) is 3.57. The van der Waals surface area contributed by atoms with E-state index in [1.165, 1.54) is 43.4 Å². The molecule has 3 aromatic carbocycles. The first-order valence-electron chi connectivity index (χ1n) is 8.70. The summed E-state index contributed by atoms with van der Waals surface area (Å²) in [7, 11) is -2.20. The van der Waals surface area contributed by atoms with E-state index in [0.717, 1.165) is 5.56 Å². The molecule has 3 rings (SSSR count). The van der Waals surface area contributed by atoms with E-state index < -0.39 is 10.0 Å². The van der Waals surface area contributed by atoms with Gasteiger partial charge in [-0.3, -0.25) is 4.79 Å². The molecule has 0 spiro atoms. The highest BCUT2D eigenvalue weighted by Crippen LogP contribution is 2.18. The minimum absolute atomic E-state index is 0.106.